The molecule has 0 aliphatic heterocycles. The first-order valence-corrected chi connectivity index (χ1v) is 7.11. The van der Waals surface area contributed by atoms with Crippen LogP contribution in [0.3, 0.4) is 0 Å². The zero-order valence-corrected chi connectivity index (χ0v) is 13.3. The molecular weight excluding hydrogens is 276 g/mol. The summed E-state index contributed by atoms with van der Waals surface area (Å²) in [4.78, 5) is 23.2. The average Bonchev–Trinajstić information content (AvgIpc) is 2.76. The summed E-state index contributed by atoms with van der Waals surface area (Å²) >= 11 is 0. The molecule has 1 saturated carbocycles. The summed E-state index contributed by atoms with van der Waals surface area (Å²) in [6.07, 6.45) is 2.19. The van der Waals surface area contributed by atoms with Gasteiger partial charge in [-0.25, -0.2) is 0 Å². The maximum Gasteiger partial charge on any atom is 0.305 e. The summed E-state index contributed by atoms with van der Waals surface area (Å²) in [5.74, 6) is -0.329. The maximum atomic E-state index is 11.6. The minimum absolute atomic E-state index is 0.0850. The van der Waals surface area contributed by atoms with Gasteiger partial charge in [-0.1, -0.05) is 0 Å². The lowest BCUT2D eigenvalue weighted by atomic mass is 9.86. The molecule has 1 aliphatic rings. The number of carbonyl (C=O) groups is 2. The highest BCUT2D eigenvalue weighted by Crippen LogP contribution is 2.49. The maximum absolute atomic E-state index is 11.6. The van der Waals surface area contributed by atoms with Crippen molar-refractivity contribution < 1.29 is 28.5 Å². The number of hydrogen-bond acceptors (Lipinski definition) is 6. The van der Waals surface area contributed by atoms with Gasteiger partial charge in [0.2, 0.25) is 0 Å². The predicted molar refractivity (Wildman–Crippen MR) is 75.7 cm³/mol. The highest BCUT2D eigenvalue weighted by molar-refractivity contribution is 5.71. The monoisotopic (exact) mass is 302 g/mol. The summed E-state index contributed by atoms with van der Waals surface area (Å²) in [7, 11) is 6.06. The first kappa shape index (κ1) is 17.9. The number of methoxy groups -OCH3 is 4. The van der Waals surface area contributed by atoms with Crippen molar-refractivity contribution in [3.63, 3.8) is 0 Å². The van der Waals surface area contributed by atoms with Crippen molar-refractivity contribution in [1.82, 2.24) is 0 Å². The first-order chi connectivity index (χ1) is 10.00. The minimum atomic E-state index is -0.250. The highest BCUT2D eigenvalue weighted by Gasteiger charge is 2.46. The minimum Gasteiger partial charge on any atom is -0.469 e. The molecule has 0 radical (unpaired) electrons. The Labute approximate surface area is 126 Å². The Morgan fingerprint density at radius 3 is 1.52 bits per heavy atom. The van der Waals surface area contributed by atoms with E-state index in [0.29, 0.717) is 26.1 Å². The number of hydrogen-bond donors (Lipinski definition) is 0. The molecule has 0 bridgehead atoms. The van der Waals surface area contributed by atoms with E-state index in [1.807, 2.05) is 0 Å². The molecule has 6 nitrogen and oxygen atoms in total. The Balaban J connectivity index is 2.84. The first-order valence-electron chi connectivity index (χ1n) is 7.11. The molecule has 0 aromatic rings. The highest BCUT2D eigenvalue weighted by atomic mass is 16.5. The van der Waals surface area contributed by atoms with Crippen LogP contribution in [0.1, 0.15) is 25.7 Å². The number of rotatable bonds is 8. The van der Waals surface area contributed by atoms with Gasteiger partial charge in [-0.2, -0.15) is 0 Å². The van der Waals surface area contributed by atoms with Gasteiger partial charge in [-0.3, -0.25) is 9.59 Å². The van der Waals surface area contributed by atoms with Crippen molar-refractivity contribution in [1.29, 1.82) is 0 Å². The zero-order chi connectivity index (χ0) is 15.9. The van der Waals surface area contributed by atoms with Gasteiger partial charge >= 0.3 is 11.9 Å². The number of esters is 2. The predicted octanol–water partition coefficient (Wildman–Crippen LogP) is 1.42. The molecule has 122 valence electrons. The number of carbonyl (C=O) groups excluding carboxylic acids is 2. The molecular formula is C15H26O6. The fourth-order valence-electron chi connectivity index (χ4n) is 3.49. The second-order valence-electron chi connectivity index (χ2n) is 5.85. The van der Waals surface area contributed by atoms with E-state index in [1.54, 1.807) is 14.2 Å². The van der Waals surface area contributed by atoms with E-state index < -0.39 is 0 Å². The van der Waals surface area contributed by atoms with E-state index in [4.69, 9.17) is 18.9 Å². The van der Waals surface area contributed by atoms with Crippen LogP contribution in [0.2, 0.25) is 0 Å². The fraction of sp³-hybridized carbons (Fsp3) is 0.867. The molecule has 0 N–H and O–H groups in total. The summed E-state index contributed by atoms with van der Waals surface area (Å²) < 4.78 is 20.2. The molecule has 0 aromatic heterocycles. The SMILES string of the molecule is COCC1(COC)CC(CC(=O)OC)C(CC(=O)OC)C1. The molecule has 1 rings (SSSR count). The summed E-state index contributed by atoms with van der Waals surface area (Å²) in [5, 5.41) is 0. The lowest BCUT2D eigenvalue weighted by molar-refractivity contribution is -0.145. The number of ether oxygens (including phenoxy) is 4. The Bertz CT molecular complexity index is 320. The van der Waals surface area contributed by atoms with Crippen molar-refractivity contribution in [2.75, 3.05) is 41.7 Å². The summed E-state index contributed by atoms with van der Waals surface area (Å²) in [5.41, 5.74) is -0.152. The van der Waals surface area contributed by atoms with E-state index in [9.17, 15) is 9.59 Å². The van der Waals surface area contributed by atoms with Crippen LogP contribution in [0.4, 0.5) is 0 Å². The van der Waals surface area contributed by atoms with E-state index >= 15 is 0 Å². The molecule has 0 spiro atoms. The van der Waals surface area contributed by atoms with Gasteiger partial charge in [0, 0.05) is 32.5 Å². The third-order valence-electron chi connectivity index (χ3n) is 4.27. The fourth-order valence-corrected chi connectivity index (χ4v) is 3.49. The second kappa shape index (κ2) is 8.34. The quantitative estimate of drug-likeness (QED) is 0.632. The molecule has 21 heavy (non-hydrogen) atoms. The average molecular weight is 302 g/mol. The van der Waals surface area contributed by atoms with Crippen molar-refractivity contribution in [3.05, 3.63) is 0 Å². The smallest absolute Gasteiger partial charge is 0.305 e. The van der Waals surface area contributed by atoms with Gasteiger partial charge in [0.15, 0.2) is 0 Å². The van der Waals surface area contributed by atoms with Gasteiger partial charge in [0.25, 0.3) is 0 Å². The Hall–Kier alpha value is -1.14. The lowest BCUT2D eigenvalue weighted by Crippen LogP contribution is -2.29. The Morgan fingerprint density at radius 2 is 1.24 bits per heavy atom. The van der Waals surface area contributed by atoms with Gasteiger partial charge in [-0.05, 0) is 24.7 Å². The summed E-state index contributed by atoms with van der Waals surface area (Å²) in [6, 6.07) is 0. The Kier molecular flexibility index (Phi) is 7.11. The van der Waals surface area contributed by atoms with Gasteiger partial charge in [0.1, 0.15) is 0 Å². The van der Waals surface area contributed by atoms with E-state index in [0.717, 1.165) is 12.8 Å². The standard InChI is InChI=1S/C15H26O6/c1-18-9-15(10-19-2)7-11(5-13(16)20-3)12(8-15)6-14(17)21-4/h11-12H,5-10H2,1-4H3. The van der Waals surface area contributed by atoms with Crippen molar-refractivity contribution in [2.24, 2.45) is 17.3 Å². The van der Waals surface area contributed by atoms with Crippen LogP contribution in [-0.2, 0) is 28.5 Å². The molecule has 6 heteroatoms. The Morgan fingerprint density at radius 1 is 0.857 bits per heavy atom. The van der Waals surface area contributed by atoms with Gasteiger partial charge < -0.3 is 18.9 Å². The molecule has 1 fully saturated rings. The van der Waals surface area contributed by atoms with Gasteiger partial charge in [-0.15, -0.1) is 0 Å². The van der Waals surface area contributed by atoms with Crippen molar-refractivity contribution >= 4 is 11.9 Å². The third kappa shape index (κ3) is 4.97. The van der Waals surface area contributed by atoms with Crippen LogP contribution in [0, 0.1) is 17.3 Å². The summed E-state index contributed by atoms with van der Waals surface area (Å²) in [6.45, 7) is 1.10. The van der Waals surface area contributed by atoms with Crippen LogP contribution < -0.4 is 0 Å². The van der Waals surface area contributed by atoms with Crippen LogP contribution in [-0.4, -0.2) is 53.6 Å². The largest absolute Gasteiger partial charge is 0.469 e. The molecule has 0 heterocycles. The van der Waals surface area contributed by atoms with Crippen LogP contribution >= 0.6 is 0 Å². The van der Waals surface area contributed by atoms with Gasteiger partial charge in [0.05, 0.1) is 27.4 Å². The molecule has 2 atom stereocenters. The zero-order valence-electron chi connectivity index (χ0n) is 13.3. The third-order valence-corrected chi connectivity index (χ3v) is 4.27. The molecule has 0 saturated heterocycles. The molecule has 2 unspecified atom stereocenters. The van der Waals surface area contributed by atoms with Crippen LogP contribution in [0.5, 0.6) is 0 Å². The van der Waals surface area contributed by atoms with E-state index in [1.165, 1.54) is 14.2 Å². The second-order valence-corrected chi connectivity index (χ2v) is 5.85. The van der Waals surface area contributed by atoms with Crippen molar-refractivity contribution in [2.45, 2.75) is 25.7 Å². The topological polar surface area (TPSA) is 71.1 Å². The normalized spacial score (nSPS) is 23.8. The van der Waals surface area contributed by atoms with Crippen LogP contribution in [0.15, 0.2) is 0 Å². The molecule has 0 aromatic carbocycles. The van der Waals surface area contributed by atoms with E-state index in [2.05, 4.69) is 0 Å². The lowest BCUT2D eigenvalue weighted by Gasteiger charge is -2.27. The molecule has 0 amide bonds. The van der Waals surface area contributed by atoms with Crippen LogP contribution in [0.25, 0.3) is 0 Å². The van der Waals surface area contributed by atoms with Crippen molar-refractivity contribution in [3.8, 4) is 0 Å². The molecule has 1 aliphatic carbocycles. The van der Waals surface area contributed by atoms with E-state index in [-0.39, 0.29) is 29.2 Å².